The minimum absolute atomic E-state index is 0.334. The minimum atomic E-state index is 0.334. The van der Waals surface area contributed by atoms with Gasteiger partial charge in [0.25, 0.3) is 0 Å². The summed E-state index contributed by atoms with van der Waals surface area (Å²) in [6, 6.07) is 0.334. The molecule has 2 aromatic heterocycles. The van der Waals surface area contributed by atoms with Crippen molar-refractivity contribution in [2.45, 2.75) is 33.7 Å². The van der Waals surface area contributed by atoms with Gasteiger partial charge in [0.2, 0.25) is 0 Å². The van der Waals surface area contributed by atoms with Crippen LogP contribution >= 0.6 is 0 Å². The third kappa shape index (κ3) is 1.27. The highest BCUT2D eigenvalue weighted by Crippen LogP contribution is 2.17. The summed E-state index contributed by atoms with van der Waals surface area (Å²) >= 11 is 0. The summed E-state index contributed by atoms with van der Waals surface area (Å²) in [7, 11) is 0. The number of hydrogen-bond donors (Lipinski definition) is 0. The van der Waals surface area contributed by atoms with Crippen molar-refractivity contribution in [2.75, 3.05) is 0 Å². The van der Waals surface area contributed by atoms with Gasteiger partial charge in [0.05, 0.1) is 17.3 Å². The number of aryl methyl sites for hydroxylation is 2. The first-order chi connectivity index (χ1) is 6.59. The molecule has 14 heavy (non-hydrogen) atoms. The van der Waals surface area contributed by atoms with E-state index in [1.165, 1.54) is 0 Å². The molecule has 0 bridgehead atoms. The van der Waals surface area contributed by atoms with Crippen LogP contribution in [0.2, 0.25) is 0 Å². The predicted molar refractivity (Wildman–Crippen MR) is 55.2 cm³/mol. The molecule has 2 rings (SSSR count). The van der Waals surface area contributed by atoms with Gasteiger partial charge in [-0.15, -0.1) is 0 Å². The predicted octanol–water partition coefficient (Wildman–Crippen LogP) is 2.02. The Morgan fingerprint density at radius 1 is 1.21 bits per heavy atom. The first-order valence-corrected chi connectivity index (χ1v) is 4.78. The second-order valence-corrected chi connectivity index (χ2v) is 3.78. The Kier molecular flexibility index (Phi) is 1.98. The fraction of sp³-hybridized carbons (Fsp3) is 0.500. The van der Waals surface area contributed by atoms with E-state index in [1.807, 2.05) is 24.7 Å². The lowest BCUT2D eigenvalue weighted by Crippen LogP contribution is -2.04. The molecular weight excluding hydrogens is 176 g/mol. The average Bonchev–Trinajstić information content (AvgIpc) is 2.47. The zero-order chi connectivity index (χ0) is 10.3. The van der Waals surface area contributed by atoms with E-state index in [0.717, 1.165) is 22.6 Å². The van der Waals surface area contributed by atoms with E-state index >= 15 is 0 Å². The highest BCUT2D eigenvalue weighted by atomic mass is 15.3. The third-order valence-electron chi connectivity index (χ3n) is 2.25. The molecule has 0 aliphatic heterocycles. The zero-order valence-corrected chi connectivity index (χ0v) is 8.94. The molecule has 0 saturated carbocycles. The Morgan fingerprint density at radius 2 is 1.93 bits per heavy atom. The van der Waals surface area contributed by atoms with Crippen molar-refractivity contribution in [3.8, 4) is 0 Å². The maximum Gasteiger partial charge on any atom is 0.161 e. The van der Waals surface area contributed by atoms with E-state index in [2.05, 4.69) is 28.9 Å². The van der Waals surface area contributed by atoms with Crippen LogP contribution in [0.5, 0.6) is 0 Å². The molecule has 0 atom stereocenters. The molecular formula is C10H14N4. The molecule has 2 aromatic rings. The lowest BCUT2D eigenvalue weighted by atomic mass is 10.3. The number of hydrogen-bond acceptors (Lipinski definition) is 3. The molecule has 0 radical (unpaired) electrons. The first kappa shape index (κ1) is 9.12. The molecule has 0 unspecified atom stereocenters. The molecule has 4 nitrogen and oxygen atoms in total. The number of aromatic nitrogens is 4. The van der Waals surface area contributed by atoms with Gasteiger partial charge in [-0.2, -0.15) is 5.10 Å². The van der Waals surface area contributed by atoms with Gasteiger partial charge in [-0.1, -0.05) is 0 Å². The average molecular weight is 190 g/mol. The maximum atomic E-state index is 4.41. The van der Waals surface area contributed by atoms with Crippen LogP contribution in [0, 0.1) is 13.8 Å². The number of fused-ring (bicyclic) bond motifs is 1. The van der Waals surface area contributed by atoms with Gasteiger partial charge in [-0.3, -0.25) is 0 Å². The van der Waals surface area contributed by atoms with Crippen molar-refractivity contribution >= 4 is 11.0 Å². The van der Waals surface area contributed by atoms with E-state index in [0.29, 0.717) is 6.04 Å². The van der Waals surface area contributed by atoms with Gasteiger partial charge in [-0.05, 0) is 27.7 Å². The van der Waals surface area contributed by atoms with Crippen LogP contribution in [0.4, 0.5) is 0 Å². The molecule has 4 heteroatoms. The lowest BCUT2D eigenvalue weighted by molar-refractivity contribution is 0.546. The maximum absolute atomic E-state index is 4.41. The topological polar surface area (TPSA) is 43.6 Å². The summed E-state index contributed by atoms with van der Waals surface area (Å²) in [5.41, 5.74) is 1.93. The molecule has 0 aliphatic rings. The van der Waals surface area contributed by atoms with Gasteiger partial charge in [-0.25, -0.2) is 14.6 Å². The second-order valence-electron chi connectivity index (χ2n) is 3.78. The Hall–Kier alpha value is -1.45. The van der Waals surface area contributed by atoms with Crippen LogP contribution in [0.15, 0.2) is 6.20 Å². The zero-order valence-electron chi connectivity index (χ0n) is 8.94. The van der Waals surface area contributed by atoms with E-state index in [1.54, 1.807) is 0 Å². The van der Waals surface area contributed by atoms with Crippen molar-refractivity contribution in [3.05, 3.63) is 17.7 Å². The van der Waals surface area contributed by atoms with Crippen molar-refractivity contribution in [3.63, 3.8) is 0 Å². The largest absolute Gasteiger partial charge is 0.245 e. The number of rotatable bonds is 1. The van der Waals surface area contributed by atoms with Gasteiger partial charge >= 0.3 is 0 Å². The van der Waals surface area contributed by atoms with Crippen LogP contribution in [0.25, 0.3) is 11.0 Å². The minimum Gasteiger partial charge on any atom is -0.245 e. The highest BCUT2D eigenvalue weighted by molar-refractivity contribution is 5.76. The smallest absolute Gasteiger partial charge is 0.161 e. The molecule has 0 aromatic carbocycles. The Labute approximate surface area is 83.0 Å². The first-order valence-electron chi connectivity index (χ1n) is 4.78. The van der Waals surface area contributed by atoms with Crippen molar-refractivity contribution in [1.29, 1.82) is 0 Å². The highest BCUT2D eigenvalue weighted by Gasteiger charge is 2.10. The standard InChI is InChI=1S/C10H14N4/c1-6(2)14-10-9(5-11-14)7(3)12-8(4)13-10/h5-6H,1-4H3. The fourth-order valence-corrected chi connectivity index (χ4v) is 1.58. The molecule has 0 aliphatic carbocycles. The Morgan fingerprint density at radius 3 is 2.57 bits per heavy atom. The molecule has 74 valence electrons. The summed E-state index contributed by atoms with van der Waals surface area (Å²) in [6.45, 7) is 8.09. The third-order valence-corrected chi connectivity index (χ3v) is 2.25. The van der Waals surface area contributed by atoms with E-state index < -0.39 is 0 Å². The molecule has 2 heterocycles. The monoisotopic (exact) mass is 190 g/mol. The van der Waals surface area contributed by atoms with Crippen LogP contribution in [-0.4, -0.2) is 19.7 Å². The van der Waals surface area contributed by atoms with Crippen LogP contribution in [0.1, 0.15) is 31.4 Å². The summed E-state index contributed by atoms with van der Waals surface area (Å²) in [5, 5.41) is 5.36. The molecule has 0 fully saturated rings. The molecule has 0 N–H and O–H groups in total. The van der Waals surface area contributed by atoms with Gasteiger partial charge in [0.15, 0.2) is 5.65 Å². The summed E-state index contributed by atoms with van der Waals surface area (Å²) in [6.07, 6.45) is 1.84. The van der Waals surface area contributed by atoms with Crippen LogP contribution in [0.3, 0.4) is 0 Å². The van der Waals surface area contributed by atoms with Gasteiger partial charge < -0.3 is 0 Å². The van der Waals surface area contributed by atoms with Crippen LogP contribution < -0.4 is 0 Å². The molecule has 0 saturated heterocycles. The van der Waals surface area contributed by atoms with E-state index in [4.69, 9.17) is 0 Å². The quantitative estimate of drug-likeness (QED) is 0.691. The second kappa shape index (κ2) is 3.04. The van der Waals surface area contributed by atoms with Crippen molar-refractivity contribution in [2.24, 2.45) is 0 Å². The van der Waals surface area contributed by atoms with E-state index in [9.17, 15) is 0 Å². The lowest BCUT2D eigenvalue weighted by Gasteiger charge is -2.06. The SMILES string of the molecule is Cc1nc(C)c2cnn(C(C)C)c2n1. The van der Waals surface area contributed by atoms with Crippen molar-refractivity contribution < 1.29 is 0 Å². The van der Waals surface area contributed by atoms with Crippen LogP contribution in [-0.2, 0) is 0 Å². The Balaban J connectivity index is 2.78. The molecule has 0 spiro atoms. The number of nitrogens with zero attached hydrogens (tertiary/aromatic N) is 4. The summed E-state index contributed by atoms with van der Waals surface area (Å²) < 4.78 is 1.93. The van der Waals surface area contributed by atoms with Crippen molar-refractivity contribution in [1.82, 2.24) is 19.7 Å². The summed E-state index contributed by atoms with van der Waals surface area (Å²) in [4.78, 5) is 8.72. The normalized spacial score (nSPS) is 11.5. The van der Waals surface area contributed by atoms with Gasteiger partial charge in [0.1, 0.15) is 5.82 Å². The summed E-state index contributed by atoms with van der Waals surface area (Å²) in [5.74, 6) is 0.803. The van der Waals surface area contributed by atoms with E-state index in [-0.39, 0.29) is 0 Å². The fourth-order valence-electron chi connectivity index (χ4n) is 1.58. The Bertz CT molecular complexity index is 470. The van der Waals surface area contributed by atoms with Gasteiger partial charge in [0, 0.05) is 6.04 Å². The molecule has 0 amide bonds.